The summed E-state index contributed by atoms with van der Waals surface area (Å²) in [6.07, 6.45) is -5.69. The summed E-state index contributed by atoms with van der Waals surface area (Å²) in [6, 6.07) is 7.28. The van der Waals surface area contributed by atoms with E-state index in [1.165, 1.54) is 24.3 Å². The normalized spacial score (nSPS) is 12.9. The summed E-state index contributed by atoms with van der Waals surface area (Å²) in [4.78, 5) is 28.3. The van der Waals surface area contributed by atoms with Crippen LogP contribution in [-0.2, 0) is 19.1 Å². The first-order valence-electron chi connectivity index (χ1n) is 14.7. The topological polar surface area (TPSA) is 81.7 Å². The number of carbonyl (C=O) groups excluding carboxylic acids is 2. The number of carbonyl (C=O) groups is 2. The summed E-state index contributed by atoms with van der Waals surface area (Å²) in [6.45, 7) is 5.91. The molecule has 0 heterocycles. The molecule has 0 fully saturated rings. The number of aryl methyl sites for hydroxylation is 1. The summed E-state index contributed by atoms with van der Waals surface area (Å²) in [7, 11) is 0. The maximum Gasteiger partial charge on any atom is 0.416 e. The highest BCUT2D eigenvalue weighted by molar-refractivity contribution is 6.00. The van der Waals surface area contributed by atoms with E-state index in [1.54, 1.807) is 17.9 Å². The lowest BCUT2D eigenvalue weighted by Crippen LogP contribution is -2.49. The molecule has 0 aliphatic heterocycles. The largest absolute Gasteiger partial charge is 0.416 e. The van der Waals surface area contributed by atoms with Crippen molar-refractivity contribution in [1.82, 2.24) is 15.5 Å². The molecule has 0 aliphatic carbocycles. The van der Waals surface area contributed by atoms with Crippen LogP contribution in [0, 0.1) is 30.2 Å². The van der Waals surface area contributed by atoms with Gasteiger partial charge < -0.3 is 20.6 Å². The zero-order valence-electron chi connectivity index (χ0n) is 25.6. The number of amides is 2. The fourth-order valence-electron chi connectivity index (χ4n) is 5.00. The minimum atomic E-state index is -4.58. The number of aliphatic hydroxyl groups excluding tert-OH is 1. The van der Waals surface area contributed by atoms with E-state index in [0.717, 1.165) is 12.1 Å². The van der Waals surface area contributed by atoms with E-state index in [9.17, 15) is 45.4 Å². The molecular weight excluding hydrogens is 619 g/mol. The third-order valence-corrected chi connectivity index (χ3v) is 7.21. The molecule has 0 spiro atoms. The lowest BCUT2D eigenvalue weighted by Gasteiger charge is -2.26. The minimum Gasteiger partial charge on any atom is -0.390 e. The molecule has 250 valence electrons. The monoisotopic (exact) mass is 655 g/mol. The highest BCUT2D eigenvalue weighted by atomic mass is 19.4. The van der Waals surface area contributed by atoms with E-state index in [1.807, 2.05) is 13.8 Å². The summed E-state index contributed by atoms with van der Waals surface area (Å²) in [5, 5.41) is 16.2. The SMILES string of the molecule is CCCN(CCC)C(=O)c1cc(C)cc(C(=O)N[C@@H](Cc2c(F)c(F)cc(F)c2F)[C@H](O)CNCc2cccc(C(F)(F)F)c2)c1. The number of nitrogens with one attached hydrogen (secondary N) is 2. The highest BCUT2D eigenvalue weighted by Crippen LogP contribution is 2.29. The van der Waals surface area contributed by atoms with Gasteiger partial charge in [-0.15, -0.1) is 0 Å². The van der Waals surface area contributed by atoms with Gasteiger partial charge in [-0.05, 0) is 55.2 Å². The van der Waals surface area contributed by atoms with Gasteiger partial charge in [0.2, 0.25) is 0 Å². The molecule has 46 heavy (non-hydrogen) atoms. The molecule has 13 heteroatoms. The molecule has 6 nitrogen and oxygen atoms in total. The fourth-order valence-corrected chi connectivity index (χ4v) is 5.00. The Hall–Kier alpha value is -3.97. The van der Waals surface area contributed by atoms with Crippen LogP contribution in [0.25, 0.3) is 0 Å². The van der Waals surface area contributed by atoms with Crippen LogP contribution in [0.2, 0.25) is 0 Å². The Morgan fingerprint density at radius 3 is 2.09 bits per heavy atom. The van der Waals surface area contributed by atoms with E-state index < -0.39 is 71.6 Å². The van der Waals surface area contributed by atoms with Gasteiger partial charge in [-0.3, -0.25) is 9.59 Å². The lowest BCUT2D eigenvalue weighted by atomic mass is 9.98. The molecule has 3 aromatic carbocycles. The second kappa shape index (κ2) is 16.0. The Kier molecular flexibility index (Phi) is 12.7. The molecule has 0 unspecified atom stereocenters. The van der Waals surface area contributed by atoms with Crippen molar-refractivity contribution < 1.29 is 45.4 Å². The van der Waals surface area contributed by atoms with Crippen molar-refractivity contribution in [2.75, 3.05) is 19.6 Å². The number of hydrogen-bond donors (Lipinski definition) is 3. The Morgan fingerprint density at radius 1 is 0.891 bits per heavy atom. The number of aliphatic hydroxyl groups is 1. The molecule has 3 N–H and O–H groups in total. The molecule has 0 aliphatic rings. The van der Waals surface area contributed by atoms with Crippen molar-refractivity contribution in [3.8, 4) is 0 Å². The van der Waals surface area contributed by atoms with Gasteiger partial charge in [-0.2, -0.15) is 13.2 Å². The van der Waals surface area contributed by atoms with E-state index in [0.29, 0.717) is 31.5 Å². The van der Waals surface area contributed by atoms with Crippen molar-refractivity contribution in [2.24, 2.45) is 0 Å². The molecule has 0 aromatic heterocycles. The number of hydrogen-bond acceptors (Lipinski definition) is 4. The second-order valence-electron chi connectivity index (χ2n) is 11.0. The van der Waals surface area contributed by atoms with Gasteiger partial charge >= 0.3 is 6.18 Å². The smallest absolute Gasteiger partial charge is 0.390 e. The van der Waals surface area contributed by atoms with Gasteiger partial charge in [0.15, 0.2) is 23.3 Å². The number of nitrogens with zero attached hydrogens (tertiary/aromatic N) is 1. The Morgan fingerprint density at radius 2 is 1.50 bits per heavy atom. The van der Waals surface area contributed by atoms with Crippen LogP contribution in [0.5, 0.6) is 0 Å². The molecule has 2 atom stereocenters. The van der Waals surface area contributed by atoms with Crippen LogP contribution in [0.3, 0.4) is 0 Å². The van der Waals surface area contributed by atoms with Gasteiger partial charge in [0.25, 0.3) is 11.8 Å². The molecule has 0 bridgehead atoms. The maximum absolute atomic E-state index is 14.6. The van der Waals surface area contributed by atoms with Gasteiger partial charge in [-0.25, -0.2) is 17.6 Å². The third kappa shape index (κ3) is 9.52. The first kappa shape index (κ1) is 36.5. The van der Waals surface area contributed by atoms with Crippen LogP contribution < -0.4 is 10.6 Å². The van der Waals surface area contributed by atoms with Crippen LogP contribution in [0.15, 0.2) is 48.5 Å². The predicted octanol–water partition coefficient (Wildman–Crippen LogP) is 6.32. The van der Waals surface area contributed by atoms with Crippen molar-refractivity contribution in [2.45, 2.75) is 64.9 Å². The Bertz CT molecular complexity index is 1500. The first-order valence-corrected chi connectivity index (χ1v) is 14.7. The van der Waals surface area contributed by atoms with Crippen molar-refractivity contribution in [3.05, 3.63) is 105 Å². The van der Waals surface area contributed by atoms with Crippen LogP contribution in [0.4, 0.5) is 30.7 Å². The van der Waals surface area contributed by atoms with E-state index in [-0.39, 0.29) is 35.2 Å². The lowest BCUT2D eigenvalue weighted by molar-refractivity contribution is -0.137. The third-order valence-electron chi connectivity index (χ3n) is 7.21. The maximum atomic E-state index is 14.6. The zero-order chi connectivity index (χ0) is 34.2. The average Bonchev–Trinajstić information content (AvgIpc) is 3.00. The molecule has 0 saturated heterocycles. The van der Waals surface area contributed by atoms with Crippen LogP contribution in [0.1, 0.15) is 69.7 Å². The Labute approximate surface area is 262 Å². The summed E-state index contributed by atoms with van der Waals surface area (Å²) < 4.78 is 96.4. The molecule has 2 amide bonds. The first-order chi connectivity index (χ1) is 21.7. The van der Waals surface area contributed by atoms with Crippen molar-refractivity contribution in [3.63, 3.8) is 0 Å². The van der Waals surface area contributed by atoms with Gasteiger partial charge in [0.1, 0.15) is 0 Å². The Balaban J connectivity index is 1.88. The molecular formula is C33H36F7N3O3. The minimum absolute atomic E-state index is 0.0169. The molecule has 3 rings (SSSR count). The van der Waals surface area contributed by atoms with E-state index in [2.05, 4.69) is 10.6 Å². The number of benzene rings is 3. The molecule has 0 radical (unpaired) electrons. The van der Waals surface area contributed by atoms with Gasteiger partial charge in [0, 0.05) is 55.4 Å². The number of rotatable bonds is 14. The average molecular weight is 656 g/mol. The summed E-state index contributed by atoms with van der Waals surface area (Å²) in [5.74, 6) is -7.94. The molecule has 3 aromatic rings. The summed E-state index contributed by atoms with van der Waals surface area (Å²) >= 11 is 0. The predicted molar refractivity (Wildman–Crippen MR) is 158 cm³/mol. The number of alkyl halides is 3. The van der Waals surface area contributed by atoms with Crippen molar-refractivity contribution in [1.29, 1.82) is 0 Å². The quantitative estimate of drug-likeness (QED) is 0.140. The van der Waals surface area contributed by atoms with E-state index >= 15 is 0 Å². The van der Waals surface area contributed by atoms with Crippen LogP contribution >= 0.6 is 0 Å². The van der Waals surface area contributed by atoms with Gasteiger partial charge in [-0.1, -0.05) is 32.0 Å². The zero-order valence-corrected chi connectivity index (χ0v) is 25.6. The standard InChI is InChI=1S/C33H36F7N3O3/c1-4-9-43(10-5-2)32(46)22-12-19(3)11-21(14-22)31(45)42-27(15-24-29(36)25(34)16-26(35)30(24)37)28(44)18-41-17-20-7-6-8-23(13-20)33(38,39)40/h6-8,11-14,16,27-28,41,44H,4-5,9-10,15,17-18H2,1-3H3,(H,42,45)/t27-,28+/m0/s1. The summed E-state index contributed by atoms with van der Waals surface area (Å²) in [5.41, 5.74) is -0.986. The van der Waals surface area contributed by atoms with Gasteiger partial charge in [0.05, 0.1) is 17.7 Å². The second-order valence-corrected chi connectivity index (χ2v) is 11.0. The fraction of sp³-hybridized carbons (Fsp3) is 0.394. The van der Waals surface area contributed by atoms with E-state index in [4.69, 9.17) is 0 Å². The number of halogens is 7. The van der Waals surface area contributed by atoms with Crippen LogP contribution in [-0.4, -0.2) is 53.6 Å². The highest BCUT2D eigenvalue weighted by Gasteiger charge is 2.31. The van der Waals surface area contributed by atoms with Crippen molar-refractivity contribution >= 4 is 11.8 Å². The molecule has 0 saturated carbocycles.